The number of carboxylic acids is 1. The number of aromatic carboxylic acids is 1. The van der Waals surface area contributed by atoms with Gasteiger partial charge in [-0.25, -0.2) is 33.6 Å². The van der Waals surface area contributed by atoms with Crippen molar-refractivity contribution in [3.8, 4) is 0 Å². The molecular weight excluding hydrogens is 1750 g/mol. The van der Waals surface area contributed by atoms with E-state index in [1.165, 1.54) is 15.6 Å². The number of ether oxygens (including phenoxy) is 6. The van der Waals surface area contributed by atoms with Gasteiger partial charge in [-0.2, -0.15) is 20.4 Å². The Hall–Kier alpha value is -9.60. The molecule has 6 aromatic rings. The first-order valence-electron chi connectivity index (χ1n) is 39.4. The summed E-state index contributed by atoms with van der Waals surface area (Å²) in [7, 11) is 6.93. The molecule has 0 saturated carbocycles. The summed E-state index contributed by atoms with van der Waals surface area (Å²) in [6, 6.07) is 17.0. The fourth-order valence-corrected chi connectivity index (χ4v) is 12.5. The number of hydrogen-bond acceptors (Lipinski definition) is 28. The van der Waals surface area contributed by atoms with Crippen molar-refractivity contribution in [2.24, 2.45) is 45.4 Å². The molecular formula is C80H125ClIN20NaO20. The molecule has 680 valence electrons. The van der Waals surface area contributed by atoms with Crippen LogP contribution < -0.4 is 72.1 Å². The number of primary amides is 2. The molecule has 4 fully saturated rings. The Morgan fingerprint density at radius 1 is 0.463 bits per heavy atom. The van der Waals surface area contributed by atoms with Crippen molar-refractivity contribution in [2.45, 2.75) is 156 Å². The van der Waals surface area contributed by atoms with Crippen LogP contribution in [0.15, 0.2) is 85.5 Å². The first kappa shape index (κ1) is 109. The van der Waals surface area contributed by atoms with Crippen LogP contribution in [0.1, 0.15) is 149 Å². The van der Waals surface area contributed by atoms with Crippen molar-refractivity contribution in [3.63, 3.8) is 0 Å². The average molecular weight is 1870 g/mol. The maximum atomic E-state index is 13.2. The molecule has 4 saturated heterocycles. The summed E-state index contributed by atoms with van der Waals surface area (Å²) in [5.74, 6) is -2.38. The number of anilines is 3. The van der Waals surface area contributed by atoms with Gasteiger partial charge in [-0.15, -0.1) is 12.4 Å². The van der Waals surface area contributed by atoms with Crippen LogP contribution in [0.4, 0.5) is 36.6 Å². The molecule has 0 aliphatic carbocycles. The molecule has 0 bridgehead atoms. The average Bonchev–Trinajstić information content (AvgIpc) is 1.68. The van der Waals surface area contributed by atoms with Gasteiger partial charge in [0.1, 0.15) is 54.5 Å². The zero-order valence-corrected chi connectivity index (χ0v) is 79.1. The normalized spacial score (nSPS) is 15.0. The fraction of sp³-hybridized carbons (Fsp3) is 0.575. The summed E-state index contributed by atoms with van der Waals surface area (Å²) >= 11 is 2.00. The number of aliphatic hydroxyl groups is 2. The number of carboxylic acid groups (broad SMARTS) is 1. The maximum absolute atomic E-state index is 13.2. The van der Waals surface area contributed by atoms with E-state index in [1.54, 1.807) is 89.6 Å². The number of benzene rings is 2. The zero-order chi connectivity index (χ0) is 89.7. The van der Waals surface area contributed by atoms with Gasteiger partial charge in [0.2, 0.25) is 11.8 Å². The summed E-state index contributed by atoms with van der Waals surface area (Å²) in [4.78, 5) is 131. The van der Waals surface area contributed by atoms with Crippen LogP contribution in [0.5, 0.6) is 0 Å². The number of carbonyl (C=O) groups excluding carboxylic acids is 9. The fourth-order valence-electron chi connectivity index (χ4n) is 11.8. The Kier molecular flexibility index (Phi) is 45.4. The molecule has 43 heteroatoms. The second kappa shape index (κ2) is 51.0. The number of aliphatic hydroxyl groups excluding tert-OH is 2. The predicted molar refractivity (Wildman–Crippen MR) is 464 cm³/mol. The van der Waals surface area contributed by atoms with Crippen LogP contribution >= 0.6 is 35.0 Å². The first-order valence-corrected chi connectivity index (χ1v) is 40.5. The van der Waals surface area contributed by atoms with Crippen molar-refractivity contribution in [1.29, 1.82) is 0 Å². The molecule has 4 aromatic heterocycles. The van der Waals surface area contributed by atoms with Gasteiger partial charge in [-0.1, -0.05) is 60.7 Å². The van der Waals surface area contributed by atoms with E-state index >= 15 is 0 Å². The summed E-state index contributed by atoms with van der Waals surface area (Å²) < 4.78 is 38.2. The number of carbonyl (C=O) groups is 10. The van der Waals surface area contributed by atoms with Gasteiger partial charge in [0.15, 0.2) is 23.6 Å². The number of halogens is 2. The third-order valence-electron chi connectivity index (χ3n) is 17.4. The topological polar surface area (TPSA) is 513 Å². The standard InChI is InChI=1S/C24H34N6O5.C16H26N4O4.C14H22N4O4.C10H14N2O2.C9H18N2O2.C7H9IN2O2.ClH.Na.H2O/c1-24(2,3)35-23(34)30-12-10-29(11-13-30)21-17(15-28(4)27-21)22(33)26-18(19(31)20(25)32)14-16-8-6-5-7-9-16;1-6-23-14(21)12-11-18(5)17-13(12)19-7-9-20(10-8-19)15(22)24-16(2,3)4;1-14(2,3)22-13(21)18-7-5-17(6-8-18)11-10(12(19)20)9-16(4)15-11;11-8(9(13)10(12)14)6-7-4-2-1-3-5-7;1-9(2,3)13-8(12)11-6-4-10-5-7-11;1-3-12-7(11)5-4-10(2)9-6(5)8;;;/h5-9,15,18-19,31H,10-14H2,1-4H3,(H2,25,32)(H,26,33);11H,6-10H2,1-5H3;9H,5-8H2,1-4H3,(H,19,20);1-5,8-9,13H,6,11H2,(H2,12,14);10H,4-7H2,1-3H3;4H,3H2,1-2H3;1H;;1H2/q;;;;;;;+1;/p-1. The minimum Gasteiger partial charge on any atom is -0.870 e. The number of piperazine rings is 4. The van der Waals surface area contributed by atoms with E-state index in [4.69, 9.17) is 45.6 Å². The zero-order valence-electron chi connectivity index (χ0n) is 74.1. The third kappa shape index (κ3) is 37.8. The van der Waals surface area contributed by atoms with Crippen molar-refractivity contribution < 1.29 is 127 Å². The molecule has 12 N–H and O–H groups in total. The van der Waals surface area contributed by atoms with Crippen LogP contribution in [0.2, 0.25) is 0 Å². The van der Waals surface area contributed by atoms with Gasteiger partial charge in [0.05, 0.1) is 19.3 Å². The minimum absolute atomic E-state index is 0. The maximum Gasteiger partial charge on any atom is 1.00 e. The SMILES string of the molecule is CC(C)(C)OC(=O)N1CCNCC1.CCOC(=O)c1cn(C)nc1I.CCOC(=O)c1cn(C)nc1N1CCN(C(=O)OC(C)(C)C)CC1.Cl.Cn1cc(C(=O)NC(Cc2ccccc2)C(O)C(N)=O)c(N2CCN(C(=O)OC(C)(C)C)CC2)n1.Cn1cc(C(=O)O)c(N2CCN(C(=O)OC(C)(C)C)CC2)n1.NC(=O)C(O)C(N)Cc1ccccc1.[Na+].[OH-]. The number of esters is 2. The largest absolute Gasteiger partial charge is 1.00 e. The van der Waals surface area contributed by atoms with Gasteiger partial charge < -0.3 is 111 Å². The van der Waals surface area contributed by atoms with E-state index in [2.05, 4.69) is 31.0 Å². The molecule has 40 nitrogen and oxygen atoms in total. The van der Waals surface area contributed by atoms with Crippen molar-refractivity contribution in [1.82, 2.24) is 69.4 Å². The third-order valence-corrected chi connectivity index (χ3v) is 18.2. The summed E-state index contributed by atoms with van der Waals surface area (Å²) in [5.41, 5.74) is 17.1. The van der Waals surface area contributed by atoms with Crippen LogP contribution in [-0.2, 0) is 79.0 Å². The van der Waals surface area contributed by atoms with Crippen LogP contribution in [0.3, 0.4) is 0 Å². The van der Waals surface area contributed by atoms with Crippen LogP contribution in [-0.4, -0.2) is 304 Å². The smallest absolute Gasteiger partial charge is 0.870 e. The Balaban J connectivity index is 0.000000519. The number of aromatic nitrogens is 8. The van der Waals surface area contributed by atoms with Crippen molar-refractivity contribution >= 4 is 112 Å². The quantitative estimate of drug-likeness (QED) is 0.0264. The second-order valence-corrected chi connectivity index (χ2v) is 33.3. The number of nitrogens with two attached hydrogens (primary N) is 3. The molecule has 123 heavy (non-hydrogen) atoms. The Morgan fingerprint density at radius 3 is 1.09 bits per heavy atom. The van der Waals surface area contributed by atoms with E-state index in [-0.39, 0.29) is 101 Å². The van der Waals surface area contributed by atoms with E-state index < -0.39 is 64.8 Å². The molecule has 4 aliphatic rings. The summed E-state index contributed by atoms with van der Waals surface area (Å²) in [6.45, 7) is 35.6. The molecule has 10 rings (SSSR count). The molecule has 8 heterocycles. The summed E-state index contributed by atoms with van der Waals surface area (Å²) in [5, 5.41) is 51.8. The second-order valence-electron chi connectivity index (χ2n) is 32.3. The summed E-state index contributed by atoms with van der Waals surface area (Å²) in [6.07, 6.45) is 2.97. The van der Waals surface area contributed by atoms with E-state index in [9.17, 15) is 63.3 Å². The van der Waals surface area contributed by atoms with E-state index in [1.807, 2.05) is 181 Å². The van der Waals surface area contributed by atoms with Gasteiger partial charge >= 0.3 is 71.8 Å². The molecule has 2 aromatic carbocycles. The monoisotopic (exact) mass is 1870 g/mol. The van der Waals surface area contributed by atoms with Gasteiger partial charge in [-0.3, -0.25) is 33.1 Å². The van der Waals surface area contributed by atoms with Gasteiger partial charge in [-0.05, 0) is 143 Å². The molecule has 0 spiro atoms. The predicted octanol–water partition coefficient (Wildman–Crippen LogP) is 2.17. The number of nitrogens with one attached hydrogen (secondary N) is 2. The van der Waals surface area contributed by atoms with Crippen molar-refractivity contribution in [2.75, 3.05) is 133 Å². The Morgan fingerprint density at radius 2 is 0.764 bits per heavy atom. The molecule has 4 unspecified atom stereocenters. The minimum atomic E-state index is -1.56. The molecule has 4 atom stereocenters. The molecule has 4 aliphatic heterocycles. The Bertz CT molecular complexity index is 4330. The molecule has 7 amide bonds. The Labute approximate surface area is 760 Å². The number of amides is 7. The number of hydrogen-bond donors (Lipinski definition) is 8. The van der Waals surface area contributed by atoms with E-state index in [0.717, 1.165) is 37.3 Å². The van der Waals surface area contributed by atoms with Gasteiger partial charge in [0, 0.05) is 164 Å². The number of aryl methyl sites for hydroxylation is 4. The van der Waals surface area contributed by atoms with Gasteiger partial charge in [0.25, 0.3) is 5.91 Å². The molecule has 0 radical (unpaired) electrons. The number of nitrogens with zero attached hydrogens (tertiary/aromatic N) is 15. The van der Waals surface area contributed by atoms with Crippen molar-refractivity contribution in [3.05, 3.63) is 123 Å². The van der Waals surface area contributed by atoms with E-state index in [0.29, 0.717) is 136 Å². The number of rotatable bonds is 18. The van der Waals surface area contributed by atoms with Crippen LogP contribution in [0.25, 0.3) is 0 Å². The first-order chi connectivity index (χ1) is 56.1. The van der Waals surface area contributed by atoms with Crippen LogP contribution in [0, 0.1) is 3.70 Å².